The Kier molecular flexibility index (Phi) is 3.55. The number of hydrogen-bond acceptors (Lipinski definition) is 2. The van der Waals surface area contributed by atoms with Crippen LogP contribution in [0.5, 0.6) is 0 Å². The van der Waals surface area contributed by atoms with Crippen molar-refractivity contribution in [2.24, 2.45) is 0 Å². The van der Waals surface area contributed by atoms with Gasteiger partial charge in [-0.15, -0.1) is 0 Å². The number of halogens is 2. The van der Waals surface area contributed by atoms with E-state index in [2.05, 4.69) is 0 Å². The smallest absolute Gasteiger partial charge is 0.0672 e. The monoisotopic (exact) mass is 229 g/mol. The maximum atomic E-state index is 10.4. The number of carbonyl (C=O) groups excluding carboxylic acids is 1. The third kappa shape index (κ3) is 2.76. The molecule has 0 aliphatic heterocycles. The summed E-state index contributed by atoms with van der Waals surface area (Å²) in [6, 6.07) is 4.84. The molecule has 1 aromatic rings. The molecular weight excluding hydrogens is 223 g/mol. The number of carbonyl (C=O) groups is 1. The Bertz CT molecular complexity index is 397. The zero-order valence-electron chi connectivity index (χ0n) is 7.38. The molecule has 4 heteroatoms. The van der Waals surface area contributed by atoms with Gasteiger partial charge >= 0.3 is 0 Å². The molecule has 0 bridgehead atoms. The Morgan fingerprint density at radius 1 is 1.43 bits per heavy atom. The van der Waals surface area contributed by atoms with E-state index >= 15 is 0 Å². The fourth-order valence-corrected chi connectivity index (χ4v) is 1.37. The lowest BCUT2D eigenvalue weighted by atomic mass is 10.1. The standard InChI is InChI=1S/C10H8Cl2O2/c1-6(10(13)14)4-7-2-3-8(11)5-9(7)12/h2-5H,1H3,(H,13,14)/p-1/b6-4+. The molecule has 0 heterocycles. The van der Waals surface area contributed by atoms with Crippen molar-refractivity contribution in [1.29, 1.82) is 0 Å². The van der Waals surface area contributed by atoms with Crippen molar-refractivity contribution in [2.45, 2.75) is 6.92 Å². The average molecular weight is 230 g/mol. The largest absolute Gasteiger partial charge is 0.545 e. The zero-order valence-corrected chi connectivity index (χ0v) is 8.89. The number of rotatable bonds is 2. The van der Waals surface area contributed by atoms with E-state index in [9.17, 15) is 9.90 Å². The van der Waals surface area contributed by atoms with E-state index in [1.807, 2.05) is 0 Å². The van der Waals surface area contributed by atoms with Crippen LogP contribution >= 0.6 is 23.2 Å². The number of carboxylic acid groups (broad SMARTS) is 1. The van der Waals surface area contributed by atoms with Gasteiger partial charge in [-0.05, 0) is 36.3 Å². The molecule has 0 amide bonds. The molecule has 2 nitrogen and oxygen atoms in total. The van der Waals surface area contributed by atoms with E-state index in [0.29, 0.717) is 15.6 Å². The summed E-state index contributed by atoms with van der Waals surface area (Å²) in [4.78, 5) is 10.4. The van der Waals surface area contributed by atoms with Crippen LogP contribution in [0, 0.1) is 0 Å². The maximum Gasteiger partial charge on any atom is 0.0672 e. The highest BCUT2D eigenvalue weighted by Crippen LogP contribution is 2.22. The van der Waals surface area contributed by atoms with Crippen LogP contribution in [-0.4, -0.2) is 5.97 Å². The molecule has 74 valence electrons. The third-order valence-electron chi connectivity index (χ3n) is 1.66. The molecule has 0 aliphatic carbocycles. The SMILES string of the molecule is C/C(=C\c1ccc(Cl)cc1Cl)C(=O)[O-]. The van der Waals surface area contributed by atoms with Gasteiger partial charge in [0.15, 0.2) is 0 Å². The minimum atomic E-state index is -1.21. The van der Waals surface area contributed by atoms with Gasteiger partial charge in [-0.3, -0.25) is 0 Å². The summed E-state index contributed by atoms with van der Waals surface area (Å²) in [6.07, 6.45) is 1.44. The second-order valence-electron chi connectivity index (χ2n) is 2.78. The summed E-state index contributed by atoms with van der Waals surface area (Å²) < 4.78 is 0. The summed E-state index contributed by atoms with van der Waals surface area (Å²) in [7, 11) is 0. The topological polar surface area (TPSA) is 40.1 Å². The lowest BCUT2D eigenvalue weighted by Crippen LogP contribution is -2.22. The Hall–Kier alpha value is -0.990. The first kappa shape index (κ1) is 11.1. The van der Waals surface area contributed by atoms with Crippen molar-refractivity contribution < 1.29 is 9.90 Å². The summed E-state index contributed by atoms with van der Waals surface area (Å²) in [5.74, 6) is -1.21. The van der Waals surface area contributed by atoms with E-state index < -0.39 is 5.97 Å². The molecule has 1 aromatic carbocycles. The molecule has 0 N–H and O–H groups in total. The van der Waals surface area contributed by atoms with Crippen molar-refractivity contribution in [3.8, 4) is 0 Å². The maximum absolute atomic E-state index is 10.4. The van der Waals surface area contributed by atoms with Crippen LogP contribution in [0.1, 0.15) is 12.5 Å². The van der Waals surface area contributed by atoms with E-state index in [1.54, 1.807) is 18.2 Å². The molecule has 0 unspecified atom stereocenters. The van der Waals surface area contributed by atoms with Crippen LogP contribution in [0.4, 0.5) is 0 Å². The second kappa shape index (κ2) is 4.49. The first-order valence-corrected chi connectivity index (χ1v) is 4.61. The summed E-state index contributed by atoms with van der Waals surface area (Å²) in [6.45, 7) is 1.44. The molecule has 0 atom stereocenters. The summed E-state index contributed by atoms with van der Waals surface area (Å²) in [5.41, 5.74) is 0.729. The van der Waals surface area contributed by atoms with Crippen molar-refractivity contribution in [2.75, 3.05) is 0 Å². The lowest BCUT2D eigenvalue weighted by Gasteiger charge is -2.03. The minimum absolute atomic E-state index is 0.120. The normalized spacial score (nSPS) is 11.5. The fraction of sp³-hybridized carbons (Fsp3) is 0.100. The highest BCUT2D eigenvalue weighted by atomic mass is 35.5. The Labute approximate surface area is 91.8 Å². The van der Waals surface area contributed by atoms with Crippen LogP contribution in [0.25, 0.3) is 6.08 Å². The van der Waals surface area contributed by atoms with Crippen molar-refractivity contribution in [1.82, 2.24) is 0 Å². The van der Waals surface area contributed by atoms with Gasteiger partial charge in [-0.2, -0.15) is 0 Å². The molecule has 0 radical (unpaired) electrons. The number of carboxylic acids is 1. The molecule has 0 saturated heterocycles. The van der Waals surface area contributed by atoms with Crippen LogP contribution in [0.3, 0.4) is 0 Å². The zero-order chi connectivity index (χ0) is 10.7. The van der Waals surface area contributed by atoms with Crippen molar-refractivity contribution in [3.05, 3.63) is 39.4 Å². The second-order valence-corrected chi connectivity index (χ2v) is 3.62. The predicted molar refractivity (Wildman–Crippen MR) is 55.1 cm³/mol. The Morgan fingerprint density at radius 3 is 2.57 bits per heavy atom. The molecule has 14 heavy (non-hydrogen) atoms. The Balaban J connectivity index is 3.09. The van der Waals surface area contributed by atoms with E-state index in [1.165, 1.54) is 13.0 Å². The molecule has 1 rings (SSSR count). The first-order chi connectivity index (χ1) is 6.50. The minimum Gasteiger partial charge on any atom is -0.545 e. The van der Waals surface area contributed by atoms with Crippen LogP contribution in [0.2, 0.25) is 10.0 Å². The third-order valence-corrected chi connectivity index (χ3v) is 2.22. The summed E-state index contributed by atoms with van der Waals surface area (Å²) >= 11 is 11.5. The van der Waals surface area contributed by atoms with Gasteiger partial charge in [-0.25, -0.2) is 0 Å². The molecule has 0 fully saturated rings. The molecule has 0 spiro atoms. The predicted octanol–water partition coefficient (Wildman–Crippen LogP) is 2.15. The lowest BCUT2D eigenvalue weighted by molar-refractivity contribution is -0.299. The average Bonchev–Trinajstić information content (AvgIpc) is 2.09. The van der Waals surface area contributed by atoms with Gasteiger partial charge in [0.2, 0.25) is 0 Å². The Morgan fingerprint density at radius 2 is 2.07 bits per heavy atom. The molecule has 0 aliphatic rings. The highest BCUT2D eigenvalue weighted by Gasteiger charge is 1.99. The highest BCUT2D eigenvalue weighted by molar-refractivity contribution is 6.35. The quantitative estimate of drug-likeness (QED) is 0.730. The molecule has 0 aromatic heterocycles. The number of hydrogen-bond donors (Lipinski definition) is 0. The molecule has 0 saturated carbocycles. The van der Waals surface area contributed by atoms with Gasteiger partial charge in [0.1, 0.15) is 0 Å². The van der Waals surface area contributed by atoms with Crippen molar-refractivity contribution >= 4 is 35.2 Å². The fourth-order valence-electron chi connectivity index (χ4n) is 0.911. The number of benzene rings is 1. The summed E-state index contributed by atoms with van der Waals surface area (Å²) in [5, 5.41) is 11.4. The van der Waals surface area contributed by atoms with E-state index in [-0.39, 0.29) is 5.57 Å². The van der Waals surface area contributed by atoms with Gasteiger partial charge in [-0.1, -0.05) is 29.3 Å². The van der Waals surface area contributed by atoms with E-state index in [4.69, 9.17) is 23.2 Å². The van der Waals surface area contributed by atoms with Gasteiger partial charge in [0, 0.05) is 10.0 Å². The first-order valence-electron chi connectivity index (χ1n) is 3.85. The van der Waals surface area contributed by atoms with Gasteiger partial charge < -0.3 is 9.90 Å². The van der Waals surface area contributed by atoms with Gasteiger partial charge in [0.25, 0.3) is 0 Å². The van der Waals surface area contributed by atoms with Crippen LogP contribution < -0.4 is 5.11 Å². The van der Waals surface area contributed by atoms with E-state index in [0.717, 1.165) is 0 Å². The van der Waals surface area contributed by atoms with Crippen molar-refractivity contribution in [3.63, 3.8) is 0 Å². The number of aliphatic carboxylic acids is 1. The molecular formula is C10H7Cl2O2-. The van der Waals surface area contributed by atoms with Crippen LogP contribution in [0.15, 0.2) is 23.8 Å². The van der Waals surface area contributed by atoms with Gasteiger partial charge in [0.05, 0.1) is 5.97 Å². The van der Waals surface area contributed by atoms with Crippen LogP contribution in [-0.2, 0) is 4.79 Å².